The Kier molecular flexibility index (Phi) is 3.19. The van der Waals surface area contributed by atoms with Gasteiger partial charge in [0, 0.05) is 18.5 Å². The fraction of sp³-hybridized carbons (Fsp3) is 0.211. The maximum atomic E-state index is 6.31. The van der Waals surface area contributed by atoms with Crippen LogP contribution < -0.4 is 5.73 Å². The largest absolute Gasteiger partial charge is 0.383 e. The van der Waals surface area contributed by atoms with Gasteiger partial charge in [-0.2, -0.15) is 0 Å². The SMILES string of the molecule is Nc1c(-c2ccc(-c3ccccc3)cc2)nc2n1CCCC2. The summed E-state index contributed by atoms with van der Waals surface area (Å²) in [6.45, 7) is 0.996. The molecule has 4 rings (SSSR count). The minimum atomic E-state index is 0.808. The van der Waals surface area contributed by atoms with Crippen LogP contribution in [0.2, 0.25) is 0 Å². The van der Waals surface area contributed by atoms with Gasteiger partial charge < -0.3 is 10.3 Å². The van der Waals surface area contributed by atoms with Gasteiger partial charge in [0.1, 0.15) is 17.3 Å². The fourth-order valence-electron chi connectivity index (χ4n) is 3.17. The second kappa shape index (κ2) is 5.34. The first kappa shape index (κ1) is 13.1. The van der Waals surface area contributed by atoms with Crippen molar-refractivity contribution in [2.75, 3.05) is 5.73 Å². The number of fused-ring (bicyclic) bond motifs is 1. The van der Waals surface area contributed by atoms with Crippen LogP contribution in [0.3, 0.4) is 0 Å². The highest BCUT2D eigenvalue weighted by atomic mass is 15.1. The Morgan fingerprint density at radius 1 is 0.818 bits per heavy atom. The molecule has 0 saturated carbocycles. The Labute approximate surface area is 130 Å². The van der Waals surface area contributed by atoms with Crippen LogP contribution >= 0.6 is 0 Å². The van der Waals surface area contributed by atoms with E-state index in [-0.39, 0.29) is 0 Å². The van der Waals surface area contributed by atoms with Crippen molar-refractivity contribution < 1.29 is 0 Å². The zero-order chi connectivity index (χ0) is 14.9. The average Bonchev–Trinajstić information content (AvgIpc) is 2.93. The second-order valence-corrected chi connectivity index (χ2v) is 5.81. The van der Waals surface area contributed by atoms with Gasteiger partial charge in [-0.3, -0.25) is 0 Å². The van der Waals surface area contributed by atoms with E-state index in [1.165, 1.54) is 24.0 Å². The normalized spacial score (nSPS) is 13.8. The number of nitrogens with zero attached hydrogens (tertiary/aromatic N) is 2. The van der Waals surface area contributed by atoms with Crippen LogP contribution in [0.5, 0.6) is 0 Å². The number of aryl methyl sites for hydroxylation is 1. The van der Waals surface area contributed by atoms with Gasteiger partial charge in [-0.25, -0.2) is 4.98 Å². The van der Waals surface area contributed by atoms with Gasteiger partial charge in [-0.1, -0.05) is 54.6 Å². The van der Waals surface area contributed by atoms with E-state index in [2.05, 4.69) is 53.1 Å². The molecular weight excluding hydrogens is 270 g/mol. The van der Waals surface area contributed by atoms with E-state index in [0.717, 1.165) is 35.9 Å². The van der Waals surface area contributed by atoms with Gasteiger partial charge in [0.25, 0.3) is 0 Å². The smallest absolute Gasteiger partial charge is 0.131 e. The van der Waals surface area contributed by atoms with E-state index < -0.39 is 0 Å². The molecule has 0 atom stereocenters. The zero-order valence-electron chi connectivity index (χ0n) is 12.5. The topological polar surface area (TPSA) is 43.8 Å². The third-order valence-corrected chi connectivity index (χ3v) is 4.38. The first-order valence-electron chi connectivity index (χ1n) is 7.83. The van der Waals surface area contributed by atoms with Crippen LogP contribution in [-0.4, -0.2) is 9.55 Å². The van der Waals surface area contributed by atoms with Gasteiger partial charge >= 0.3 is 0 Å². The molecular formula is C19H19N3. The number of nitrogens with two attached hydrogens (primary N) is 1. The summed E-state index contributed by atoms with van der Waals surface area (Å²) >= 11 is 0. The van der Waals surface area contributed by atoms with E-state index in [0.29, 0.717) is 0 Å². The van der Waals surface area contributed by atoms with Crippen molar-refractivity contribution in [3.63, 3.8) is 0 Å². The highest BCUT2D eigenvalue weighted by molar-refractivity contribution is 5.74. The van der Waals surface area contributed by atoms with Crippen molar-refractivity contribution >= 4 is 5.82 Å². The summed E-state index contributed by atoms with van der Waals surface area (Å²) < 4.78 is 2.17. The summed E-state index contributed by atoms with van der Waals surface area (Å²) in [7, 11) is 0. The highest BCUT2D eigenvalue weighted by Crippen LogP contribution is 2.31. The lowest BCUT2D eigenvalue weighted by atomic mass is 10.0. The molecule has 3 nitrogen and oxygen atoms in total. The van der Waals surface area contributed by atoms with Crippen LogP contribution in [0.15, 0.2) is 54.6 Å². The van der Waals surface area contributed by atoms with E-state index in [1.807, 2.05) is 6.07 Å². The predicted octanol–water partition coefficient (Wildman–Crippen LogP) is 4.14. The third kappa shape index (κ3) is 2.19. The van der Waals surface area contributed by atoms with Gasteiger partial charge in [-0.05, 0) is 24.0 Å². The van der Waals surface area contributed by atoms with Crippen molar-refractivity contribution in [1.29, 1.82) is 0 Å². The summed E-state index contributed by atoms with van der Waals surface area (Å²) in [6, 6.07) is 18.9. The quantitative estimate of drug-likeness (QED) is 0.770. The van der Waals surface area contributed by atoms with Crippen molar-refractivity contribution in [2.45, 2.75) is 25.8 Å². The number of imidazole rings is 1. The summed E-state index contributed by atoms with van der Waals surface area (Å²) in [5, 5.41) is 0. The molecule has 0 aliphatic carbocycles. The number of benzene rings is 2. The lowest BCUT2D eigenvalue weighted by Gasteiger charge is -2.14. The molecule has 2 N–H and O–H groups in total. The minimum Gasteiger partial charge on any atom is -0.383 e. The summed E-state index contributed by atoms with van der Waals surface area (Å²) in [4.78, 5) is 4.76. The average molecular weight is 289 g/mol. The minimum absolute atomic E-state index is 0.808. The van der Waals surface area contributed by atoms with Crippen LogP contribution in [0.1, 0.15) is 18.7 Å². The van der Waals surface area contributed by atoms with Gasteiger partial charge in [0.05, 0.1) is 0 Å². The molecule has 1 aromatic heterocycles. The molecule has 0 saturated heterocycles. The van der Waals surface area contributed by atoms with Crippen molar-refractivity contribution in [3.05, 3.63) is 60.4 Å². The maximum Gasteiger partial charge on any atom is 0.131 e. The zero-order valence-corrected chi connectivity index (χ0v) is 12.5. The number of hydrogen-bond donors (Lipinski definition) is 1. The van der Waals surface area contributed by atoms with Crippen molar-refractivity contribution in [1.82, 2.24) is 9.55 Å². The predicted molar refractivity (Wildman–Crippen MR) is 90.4 cm³/mol. The molecule has 1 aliphatic rings. The molecule has 0 radical (unpaired) electrons. The van der Waals surface area contributed by atoms with Gasteiger partial charge in [0.2, 0.25) is 0 Å². The number of anilines is 1. The number of nitrogen functional groups attached to an aromatic ring is 1. The van der Waals surface area contributed by atoms with E-state index in [9.17, 15) is 0 Å². The van der Waals surface area contributed by atoms with Crippen LogP contribution in [0.4, 0.5) is 5.82 Å². The molecule has 1 aliphatic heterocycles. The molecule has 0 spiro atoms. The van der Waals surface area contributed by atoms with E-state index >= 15 is 0 Å². The molecule has 0 unspecified atom stereocenters. The Morgan fingerprint density at radius 2 is 1.50 bits per heavy atom. The molecule has 0 fully saturated rings. The van der Waals surface area contributed by atoms with Crippen LogP contribution in [0.25, 0.3) is 22.4 Å². The number of aromatic nitrogens is 2. The Bertz CT molecular complexity index is 786. The Hall–Kier alpha value is -2.55. The second-order valence-electron chi connectivity index (χ2n) is 5.81. The monoisotopic (exact) mass is 289 g/mol. The van der Waals surface area contributed by atoms with Crippen molar-refractivity contribution in [2.24, 2.45) is 0 Å². The van der Waals surface area contributed by atoms with E-state index in [4.69, 9.17) is 10.7 Å². The first-order chi connectivity index (χ1) is 10.8. The molecule has 2 aromatic carbocycles. The van der Waals surface area contributed by atoms with E-state index in [1.54, 1.807) is 0 Å². The lowest BCUT2D eigenvalue weighted by Crippen LogP contribution is -2.12. The number of rotatable bonds is 2. The molecule has 3 aromatic rings. The highest BCUT2D eigenvalue weighted by Gasteiger charge is 2.18. The molecule has 2 heterocycles. The molecule has 110 valence electrons. The molecule has 0 amide bonds. The van der Waals surface area contributed by atoms with Crippen LogP contribution in [-0.2, 0) is 13.0 Å². The van der Waals surface area contributed by atoms with Crippen LogP contribution in [0, 0.1) is 0 Å². The summed E-state index contributed by atoms with van der Waals surface area (Å²) in [6.07, 6.45) is 3.44. The molecule has 0 bridgehead atoms. The van der Waals surface area contributed by atoms with Gasteiger partial charge in [-0.15, -0.1) is 0 Å². The summed E-state index contributed by atoms with van der Waals surface area (Å²) in [5.74, 6) is 1.94. The Morgan fingerprint density at radius 3 is 2.23 bits per heavy atom. The Balaban J connectivity index is 1.71. The molecule has 3 heteroatoms. The van der Waals surface area contributed by atoms with Crippen molar-refractivity contribution in [3.8, 4) is 22.4 Å². The first-order valence-corrected chi connectivity index (χ1v) is 7.83. The fourth-order valence-corrected chi connectivity index (χ4v) is 3.17. The summed E-state index contributed by atoms with van der Waals surface area (Å²) in [5.41, 5.74) is 10.8. The lowest BCUT2D eigenvalue weighted by molar-refractivity contribution is 0.527. The van der Waals surface area contributed by atoms with Gasteiger partial charge in [0.15, 0.2) is 0 Å². The number of hydrogen-bond acceptors (Lipinski definition) is 2. The maximum absolute atomic E-state index is 6.31. The standard InChI is InChI=1S/C19H19N3/c20-19-18(21-17-8-4-5-13-22(17)19)16-11-9-15(10-12-16)14-6-2-1-3-7-14/h1-3,6-7,9-12H,4-5,8,13,20H2. The molecule has 22 heavy (non-hydrogen) atoms. The third-order valence-electron chi connectivity index (χ3n) is 4.38.